The molecule has 0 bridgehead atoms. The number of aliphatic hydroxyl groups is 1. The number of carbonyl (C=O) groups is 1. The van der Waals surface area contributed by atoms with Gasteiger partial charge in [0.1, 0.15) is 12.4 Å². The molecule has 21 heavy (non-hydrogen) atoms. The number of aliphatic carboxylic acids is 1. The Labute approximate surface area is 124 Å². The van der Waals surface area contributed by atoms with Gasteiger partial charge in [-0.15, -0.1) is 0 Å². The average molecular weight is 288 g/mol. The zero-order valence-corrected chi connectivity index (χ0v) is 12.0. The quantitative estimate of drug-likeness (QED) is 0.821. The van der Waals surface area contributed by atoms with Gasteiger partial charge in [0, 0.05) is 11.8 Å². The van der Waals surface area contributed by atoms with Crippen LogP contribution < -0.4 is 4.74 Å². The Morgan fingerprint density at radius 2 is 1.90 bits per heavy atom. The number of hydrogen-bond donors (Lipinski definition) is 2. The van der Waals surface area contributed by atoms with Crippen molar-refractivity contribution in [1.82, 2.24) is 0 Å². The molecule has 0 radical (unpaired) electrons. The summed E-state index contributed by atoms with van der Waals surface area (Å²) in [5.74, 6) is -0.184. The molecule has 0 saturated heterocycles. The van der Waals surface area contributed by atoms with Crippen LogP contribution in [0.25, 0.3) is 10.8 Å². The summed E-state index contributed by atoms with van der Waals surface area (Å²) < 4.78 is 5.69. The van der Waals surface area contributed by atoms with Gasteiger partial charge in [-0.1, -0.05) is 43.3 Å². The smallest absolute Gasteiger partial charge is 0.303 e. The van der Waals surface area contributed by atoms with Gasteiger partial charge in [-0.2, -0.15) is 0 Å². The van der Waals surface area contributed by atoms with Crippen LogP contribution in [-0.4, -0.2) is 28.9 Å². The fourth-order valence-electron chi connectivity index (χ4n) is 2.42. The van der Waals surface area contributed by atoms with Gasteiger partial charge >= 0.3 is 5.97 Å². The third-order valence-electron chi connectivity index (χ3n) is 3.38. The molecule has 2 aromatic rings. The van der Waals surface area contributed by atoms with E-state index in [2.05, 4.69) is 0 Å². The number of carboxylic acid groups (broad SMARTS) is 1. The van der Waals surface area contributed by atoms with Crippen molar-refractivity contribution in [3.63, 3.8) is 0 Å². The van der Waals surface area contributed by atoms with Crippen LogP contribution in [0.1, 0.15) is 19.8 Å². The summed E-state index contributed by atoms with van der Waals surface area (Å²) in [5.41, 5.74) is 0. The predicted molar refractivity (Wildman–Crippen MR) is 81.5 cm³/mol. The van der Waals surface area contributed by atoms with Crippen LogP contribution in [0.5, 0.6) is 5.75 Å². The molecule has 2 unspecified atom stereocenters. The van der Waals surface area contributed by atoms with Crippen LogP contribution >= 0.6 is 0 Å². The van der Waals surface area contributed by atoms with E-state index in [1.54, 1.807) is 0 Å². The lowest BCUT2D eigenvalue weighted by molar-refractivity contribution is -0.138. The first-order valence-corrected chi connectivity index (χ1v) is 7.06. The maximum Gasteiger partial charge on any atom is 0.303 e. The first-order valence-electron chi connectivity index (χ1n) is 7.06. The van der Waals surface area contributed by atoms with E-state index in [0.29, 0.717) is 6.42 Å². The Balaban J connectivity index is 1.94. The maximum atomic E-state index is 10.6. The fourth-order valence-corrected chi connectivity index (χ4v) is 2.42. The Morgan fingerprint density at radius 1 is 1.19 bits per heavy atom. The van der Waals surface area contributed by atoms with Crippen molar-refractivity contribution in [3.05, 3.63) is 42.5 Å². The molecule has 0 spiro atoms. The summed E-state index contributed by atoms with van der Waals surface area (Å²) in [4.78, 5) is 10.6. The standard InChI is InChI=1S/C17H20O4/c1-12(10-17(19)20)9-14(18)11-21-16-8-4-6-13-5-2-3-7-15(13)16/h2-8,12,14,18H,9-11H2,1H3,(H,19,20). The van der Waals surface area contributed by atoms with Gasteiger partial charge in [-0.3, -0.25) is 4.79 Å². The first-order chi connectivity index (χ1) is 10.1. The van der Waals surface area contributed by atoms with Crippen molar-refractivity contribution in [3.8, 4) is 5.75 Å². The van der Waals surface area contributed by atoms with E-state index < -0.39 is 12.1 Å². The van der Waals surface area contributed by atoms with Crippen molar-refractivity contribution in [2.75, 3.05) is 6.61 Å². The second kappa shape index (κ2) is 7.09. The van der Waals surface area contributed by atoms with Crippen LogP contribution in [-0.2, 0) is 4.79 Å². The van der Waals surface area contributed by atoms with Crippen molar-refractivity contribution in [2.45, 2.75) is 25.9 Å². The SMILES string of the molecule is CC(CC(=O)O)CC(O)COc1cccc2ccccc12. The minimum atomic E-state index is -0.843. The fraction of sp³-hybridized carbons (Fsp3) is 0.353. The molecule has 0 aliphatic rings. The highest BCUT2D eigenvalue weighted by Crippen LogP contribution is 2.25. The second-order valence-electron chi connectivity index (χ2n) is 5.38. The van der Waals surface area contributed by atoms with E-state index >= 15 is 0 Å². The molecular weight excluding hydrogens is 268 g/mol. The van der Waals surface area contributed by atoms with Crippen LogP contribution in [0, 0.1) is 5.92 Å². The molecular formula is C17H20O4. The van der Waals surface area contributed by atoms with Crippen molar-refractivity contribution in [1.29, 1.82) is 0 Å². The Hall–Kier alpha value is -2.07. The predicted octanol–water partition coefficient (Wildman–Crippen LogP) is 3.08. The Morgan fingerprint density at radius 3 is 2.67 bits per heavy atom. The molecule has 0 heterocycles. The van der Waals surface area contributed by atoms with Crippen LogP contribution in [0.4, 0.5) is 0 Å². The van der Waals surface area contributed by atoms with Crippen LogP contribution in [0.15, 0.2) is 42.5 Å². The summed E-state index contributed by atoms with van der Waals surface area (Å²) in [5, 5.41) is 20.8. The summed E-state index contributed by atoms with van der Waals surface area (Å²) >= 11 is 0. The molecule has 2 aromatic carbocycles. The lowest BCUT2D eigenvalue weighted by Crippen LogP contribution is -2.21. The number of ether oxygens (including phenoxy) is 1. The van der Waals surface area contributed by atoms with Gasteiger partial charge in [0.15, 0.2) is 0 Å². The van der Waals surface area contributed by atoms with Crippen LogP contribution in [0.3, 0.4) is 0 Å². The third-order valence-corrected chi connectivity index (χ3v) is 3.38. The number of aliphatic hydroxyl groups excluding tert-OH is 1. The molecule has 2 N–H and O–H groups in total. The molecule has 0 aromatic heterocycles. The minimum absolute atomic E-state index is 0.0608. The van der Waals surface area contributed by atoms with Gasteiger partial charge in [-0.05, 0) is 23.8 Å². The van der Waals surface area contributed by atoms with E-state index in [1.165, 1.54) is 0 Å². The molecule has 2 atom stereocenters. The van der Waals surface area contributed by atoms with E-state index in [1.807, 2.05) is 49.4 Å². The van der Waals surface area contributed by atoms with Crippen LogP contribution in [0.2, 0.25) is 0 Å². The van der Waals surface area contributed by atoms with Gasteiger partial charge in [0.05, 0.1) is 6.10 Å². The summed E-state index contributed by atoms with van der Waals surface area (Å²) in [7, 11) is 0. The molecule has 0 amide bonds. The zero-order chi connectivity index (χ0) is 15.2. The minimum Gasteiger partial charge on any atom is -0.490 e. The highest BCUT2D eigenvalue weighted by Gasteiger charge is 2.14. The van der Waals surface area contributed by atoms with Crippen molar-refractivity contribution in [2.24, 2.45) is 5.92 Å². The molecule has 2 rings (SSSR count). The zero-order valence-electron chi connectivity index (χ0n) is 12.0. The van der Waals surface area contributed by atoms with Gasteiger partial charge in [0.2, 0.25) is 0 Å². The lowest BCUT2D eigenvalue weighted by Gasteiger charge is -2.16. The number of hydrogen-bond acceptors (Lipinski definition) is 3. The number of carboxylic acids is 1. The average Bonchev–Trinajstić information content (AvgIpc) is 2.44. The van der Waals surface area contributed by atoms with Gasteiger partial charge in [0.25, 0.3) is 0 Å². The van der Waals surface area contributed by atoms with E-state index in [0.717, 1.165) is 16.5 Å². The van der Waals surface area contributed by atoms with Gasteiger partial charge < -0.3 is 14.9 Å². The Bertz CT molecular complexity index is 603. The molecule has 0 fully saturated rings. The number of fused-ring (bicyclic) bond motifs is 1. The van der Waals surface area contributed by atoms with E-state index in [9.17, 15) is 9.90 Å². The molecule has 0 aliphatic heterocycles. The monoisotopic (exact) mass is 288 g/mol. The van der Waals surface area contributed by atoms with Gasteiger partial charge in [-0.25, -0.2) is 0 Å². The number of benzene rings is 2. The summed E-state index contributed by atoms with van der Waals surface area (Å²) in [6.45, 7) is 1.98. The molecule has 4 heteroatoms. The van der Waals surface area contributed by atoms with E-state index in [-0.39, 0.29) is 18.9 Å². The lowest BCUT2D eigenvalue weighted by atomic mass is 10.0. The van der Waals surface area contributed by atoms with Crippen molar-refractivity contribution >= 4 is 16.7 Å². The molecule has 0 aliphatic carbocycles. The highest BCUT2D eigenvalue weighted by molar-refractivity contribution is 5.88. The normalized spacial score (nSPS) is 13.8. The summed E-state index contributed by atoms with van der Waals surface area (Å²) in [6, 6.07) is 13.7. The molecule has 112 valence electrons. The molecule has 4 nitrogen and oxygen atoms in total. The third kappa shape index (κ3) is 4.46. The van der Waals surface area contributed by atoms with Crippen molar-refractivity contribution < 1.29 is 19.7 Å². The Kier molecular flexibility index (Phi) is 5.17. The second-order valence-corrected chi connectivity index (χ2v) is 5.38. The van der Waals surface area contributed by atoms with E-state index in [4.69, 9.17) is 9.84 Å². The highest BCUT2D eigenvalue weighted by atomic mass is 16.5. The largest absolute Gasteiger partial charge is 0.490 e. The first kappa shape index (κ1) is 15.3. The maximum absolute atomic E-state index is 10.6. The number of rotatable bonds is 7. The summed E-state index contributed by atoms with van der Waals surface area (Å²) in [6.07, 6.45) is -0.194. The molecule has 0 saturated carbocycles. The topological polar surface area (TPSA) is 66.8 Å².